The van der Waals surface area contributed by atoms with Crippen LogP contribution in [-0.2, 0) is 20.4 Å². The van der Waals surface area contributed by atoms with Crippen molar-refractivity contribution >= 4 is 16.9 Å². The Morgan fingerprint density at radius 1 is 0.714 bits per heavy atom. The number of alkyl halides is 2. The number of esters is 1. The van der Waals surface area contributed by atoms with Gasteiger partial charge in [-0.1, -0.05) is 0 Å². The van der Waals surface area contributed by atoms with Crippen molar-refractivity contribution in [3.63, 3.8) is 0 Å². The summed E-state index contributed by atoms with van der Waals surface area (Å²) in [6.07, 6.45) is 7.12. The highest BCUT2D eigenvalue weighted by Crippen LogP contribution is 2.60. The molecular weight excluding hydrogens is 581 g/mol. The lowest BCUT2D eigenvalue weighted by Crippen LogP contribution is -2.49. The van der Waals surface area contributed by atoms with E-state index in [2.05, 4.69) is 0 Å². The van der Waals surface area contributed by atoms with E-state index in [4.69, 9.17) is 4.74 Å². The molecule has 0 N–H and O–H groups in total. The van der Waals surface area contributed by atoms with Gasteiger partial charge in [0, 0.05) is 48.7 Å². The maximum atomic E-state index is 13.6. The van der Waals surface area contributed by atoms with Crippen LogP contribution in [-0.4, -0.2) is 18.5 Å². The third-order valence-corrected chi connectivity index (χ3v) is 10.4. The van der Waals surface area contributed by atoms with Crippen molar-refractivity contribution in [3.8, 4) is 0 Å². The summed E-state index contributed by atoms with van der Waals surface area (Å²) < 4.78 is 98.1. The fourth-order valence-electron chi connectivity index (χ4n) is 7.08. The van der Waals surface area contributed by atoms with Crippen LogP contribution in [0.4, 0.5) is 30.7 Å². The first-order chi connectivity index (χ1) is 19.8. The summed E-state index contributed by atoms with van der Waals surface area (Å²) in [7, 11) is -1.19. The van der Waals surface area contributed by atoms with Crippen molar-refractivity contribution in [2.75, 3.05) is 6.61 Å². The van der Waals surface area contributed by atoms with Crippen LogP contribution in [0.3, 0.4) is 0 Å². The molecule has 3 aromatic rings. The lowest BCUT2D eigenvalue weighted by molar-refractivity contribution is -0.179. The van der Waals surface area contributed by atoms with Crippen LogP contribution in [0.5, 0.6) is 0 Å². The summed E-state index contributed by atoms with van der Waals surface area (Å²) in [6.45, 7) is 0.813. The Morgan fingerprint density at radius 2 is 1.12 bits per heavy atom. The molecular formula is C32H30F7O2S+. The van der Waals surface area contributed by atoms with Crippen molar-refractivity contribution in [1.29, 1.82) is 0 Å². The number of rotatable bonds is 6. The molecule has 224 valence electrons. The number of carbonyl (C=O) groups is 1. The minimum Gasteiger partial charge on any atom is -0.461 e. The van der Waals surface area contributed by atoms with E-state index in [1.807, 2.05) is 0 Å². The van der Waals surface area contributed by atoms with Gasteiger partial charge >= 0.3 is 11.9 Å². The molecule has 4 saturated carbocycles. The maximum Gasteiger partial charge on any atom is 0.376 e. The molecule has 4 aliphatic carbocycles. The molecule has 10 heteroatoms. The van der Waals surface area contributed by atoms with Gasteiger partial charge in [-0.2, -0.15) is 8.78 Å². The smallest absolute Gasteiger partial charge is 0.376 e. The molecule has 2 nitrogen and oxygen atoms in total. The monoisotopic (exact) mass is 611 g/mol. The summed E-state index contributed by atoms with van der Waals surface area (Å²) in [5.41, 5.74) is 0.0235. The molecule has 3 aromatic carbocycles. The second kappa shape index (κ2) is 11.9. The normalized spacial score (nSPS) is 24.4. The van der Waals surface area contributed by atoms with E-state index in [1.165, 1.54) is 43.5 Å². The molecule has 7 rings (SSSR count). The summed E-state index contributed by atoms with van der Waals surface area (Å²) >= 11 is 0. The minimum absolute atomic E-state index is 0.0235. The van der Waals surface area contributed by atoms with Gasteiger partial charge in [0.1, 0.15) is 29.1 Å². The number of halogens is 7. The zero-order valence-electron chi connectivity index (χ0n) is 22.8. The van der Waals surface area contributed by atoms with E-state index in [9.17, 15) is 35.5 Å². The van der Waals surface area contributed by atoms with Crippen LogP contribution >= 0.6 is 0 Å². The Bertz CT molecular complexity index is 1310. The van der Waals surface area contributed by atoms with Crippen molar-refractivity contribution in [2.45, 2.75) is 66.1 Å². The van der Waals surface area contributed by atoms with Gasteiger partial charge in [-0.05, 0) is 80.5 Å². The molecule has 4 fully saturated rings. The molecule has 0 aliphatic heterocycles. The van der Waals surface area contributed by atoms with Gasteiger partial charge in [-0.15, -0.1) is 0 Å². The van der Waals surface area contributed by atoms with E-state index in [0.717, 1.165) is 61.3 Å². The van der Waals surface area contributed by atoms with E-state index < -0.39 is 51.9 Å². The fraction of sp³-hybridized carbons (Fsp3) is 0.406. The number of hydrogen-bond acceptors (Lipinski definition) is 2. The molecule has 0 aromatic heterocycles. The first-order valence-corrected chi connectivity index (χ1v) is 15.0. The van der Waals surface area contributed by atoms with Gasteiger partial charge < -0.3 is 4.74 Å². The number of ether oxygens (including phenoxy) is 1. The molecule has 0 unspecified atom stereocenters. The Kier molecular flexibility index (Phi) is 8.65. The van der Waals surface area contributed by atoms with Gasteiger partial charge in [0.15, 0.2) is 14.7 Å². The van der Waals surface area contributed by atoms with Gasteiger partial charge in [-0.3, -0.25) is 0 Å². The molecule has 0 heterocycles. The Labute approximate surface area is 242 Å². The third kappa shape index (κ3) is 7.13. The van der Waals surface area contributed by atoms with E-state index in [0.29, 0.717) is 24.0 Å². The highest BCUT2D eigenvalue weighted by molar-refractivity contribution is 7.97. The maximum absolute atomic E-state index is 13.6. The topological polar surface area (TPSA) is 26.3 Å². The first-order valence-electron chi connectivity index (χ1n) is 13.8. The average Bonchev–Trinajstić information content (AvgIpc) is 2.87. The Balaban J connectivity index is 0.000000175. The summed E-state index contributed by atoms with van der Waals surface area (Å²) in [4.78, 5) is 12.1. The fourth-order valence-corrected chi connectivity index (χ4v) is 9.23. The Morgan fingerprint density at radius 3 is 1.50 bits per heavy atom. The lowest BCUT2D eigenvalue weighted by atomic mass is 9.50. The highest BCUT2D eigenvalue weighted by atomic mass is 32.2. The molecule has 0 amide bonds. The van der Waals surface area contributed by atoms with Gasteiger partial charge in [0.25, 0.3) is 0 Å². The van der Waals surface area contributed by atoms with Crippen molar-refractivity contribution in [3.05, 3.63) is 89.7 Å². The first kappa shape index (κ1) is 30.4. The minimum atomic E-state index is -3.36. The SMILES string of the molecule is CC(F)(F)C(=O)OCC12CC3CC(CC(C3)C1)C2.Fc1ccc([S+](c2cc(F)cc(F)c2)c2cc(F)cc(F)c2)cc1. The number of carbonyl (C=O) groups excluding carboxylic acids is 1. The lowest BCUT2D eigenvalue weighted by Gasteiger charge is -2.56. The quantitative estimate of drug-likeness (QED) is 0.158. The average molecular weight is 612 g/mol. The van der Waals surface area contributed by atoms with Crippen molar-refractivity contribution in [1.82, 2.24) is 0 Å². The number of hydrogen-bond donors (Lipinski definition) is 0. The largest absolute Gasteiger partial charge is 0.461 e. The van der Waals surface area contributed by atoms with E-state index >= 15 is 0 Å². The van der Waals surface area contributed by atoms with Crippen LogP contribution in [0.25, 0.3) is 0 Å². The summed E-state index contributed by atoms with van der Waals surface area (Å²) in [6, 6.07) is 11.0. The van der Waals surface area contributed by atoms with Crippen molar-refractivity contribution < 1.29 is 40.3 Å². The second-order valence-corrected chi connectivity index (χ2v) is 13.9. The van der Waals surface area contributed by atoms with Crippen LogP contribution in [0, 0.1) is 52.3 Å². The second-order valence-electron chi connectivity index (χ2n) is 11.9. The molecule has 0 saturated heterocycles. The number of benzene rings is 3. The van der Waals surface area contributed by atoms with E-state index in [1.54, 1.807) is 0 Å². The third-order valence-electron chi connectivity index (χ3n) is 8.23. The molecule has 0 radical (unpaired) electrons. The predicted octanol–water partition coefficient (Wildman–Crippen LogP) is 8.88. The van der Waals surface area contributed by atoms with Gasteiger partial charge in [-0.25, -0.2) is 26.7 Å². The Hall–Kier alpha value is -3.01. The zero-order valence-corrected chi connectivity index (χ0v) is 23.6. The van der Waals surface area contributed by atoms with Gasteiger partial charge in [0.05, 0.1) is 17.5 Å². The molecule has 0 atom stereocenters. The highest BCUT2D eigenvalue weighted by Gasteiger charge is 2.52. The molecule has 0 spiro atoms. The molecule has 4 aliphatic rings. The standard InChI is InChI=1S/C18H10F5S.C14H20F2O2/c19-11-1-3-16(4-2-11)24(17-7-12(20)5-13(21)8-17)18-9-14(22)6-15(23)10-18;1-13(15,16)12(17)18-8-14-5-9-2-10(6-14)4-11(3-9)7-14/h1-10H;9-11H,2-8H2,1H3/q+1;. The molecule has 42 heavy (non-hydrogen) atoms. The van der Waals surface area contributed by atoms with Crippen molar-refractivity contribution in [2.24, 2.45) is 23.2 Å². The van der Waals surface area contributed by atoms with E-state index in [-0.39, 0.29) is 21.8 Å². The van der Waals surface area contributed by atoms with Gasteiger partial charge in [0.2, 0.25) is 0 Å². The molecule has 4 bridgehead atoms. The zero-order chi connectivity index (χ0) is 30.2. The van der Waals surface area contributed by atoms with Crippen LogP contribution in [0.2, 0.25) is 0 Å². The summed E-state index contributed by atoms with van der Waals surface area (Å²) in [5.74, 6) is -6.18. The van der Waals surface area contributed by atoms with Crippen LogP contribution in [0.1, 0.15) is 45.4 Å². The van der Waals surface area contributed by atoms with Crippen LogP contribution < -0.4 is 0 Å². The van der Waals surface area contributed by atoms with Crippen LogP contribution in [0.15, 0.2) is 75.4 Å². The summed E-state index contributed by atoms with van der Waals surface area (Å²) in [5, 5.41) is 0. The predicted molar refractivity (Wildman–Crippen MR) is 143 cm³/mol.